The lowest BCUT2D eigenvalue weighted by atomic mass is 10.1. The van der Waals surface area contributed by atoms with E-state index in [2.05, 4.69) is 22.2 Å². The second-order valence-electron chi connectivity index (χ2n) is 4.46. The number of fused-ring (bicyclic) bond motifs is 1. The van der Waals surface area contributed by atoms with Crippen molar-refractivity contribution in [2.75, 3.05) is 0 Å². The van der Waals surface area contributed by atoms with Crippen molar-refractivity contribution in [1.29, 1.82) is 0 Å². The molecule has 6 nitrogen and oxygen atoms in total. The maximum atomic E-state index is 10.7. The first-order valence-corrected chi connectivity index (χ1v) is 6.26. The van der Waals surface area contributed by atoms with Crippen molar-refractivity contribution in [2.24, 2.45) is 0 Å². The fraction of sp³-hybridized carbons (Fsp3) is 0.143. The number of nitrogens with zero attached hydrogens (tertiary/aromatic N) is 4. The van der Waals surface area contributed by atoms with Gasteiger partial charge >= 0.3 is 0 Å². The highest BCUT2D eigenvalue weighted by molar-refractivity contribution is 5.43. The molecule has 0 radical (unpaired) electrons. The number of rotatable bonds is 4. The molecule has 0 saturated carbocycles. The van der Waals surface area contributed by atoms with Gasteiger partial charge < -0.3 is 0 Å². The molecule has 0 fully saturated rings. The summed E-state index contributed by atoms with van der Waals surface area (Å²) >= 11 is 0. The van der Waals surface area contributed by atoms with Gasteiger partial charge in [-0.1, -0.05) is 30.3 Å². The Hall–Kier alpha value is -2.76. The molecule has 0 saturated heterocycles. The first kappa shape index (κ1) is 12.3. The van der Waals surface area contributed by atoms with Crippen LogP contribution in [0.25, 0.3) is 5.65 Å². The molecular weight excluding hydrogens is 256 g/mol. The quantitative estimate of drug-likeness (QED) is 0.538. The predicted molar refractivity (Wildman–Crippen MR) is 73.5 cm³/mol. The highest BCUT2D eigenvalue weighted by Gasteiger charge is 2.09. The van der Waals surface area contributed by atoms with Crippen LogP contribution < -0.4 is 0 Å². The molecule has 0 amide bonds. The zero-order valence-electron chi connectivity index (χ0n) is 10.6. The highest BCUT2D eigenvalue weighted by atomic mass is 16.6. The Morgan fingerprint density at radius 1 is 1.10 bits per heavy atom. The number of aromatic nitrogens is 3. The molecule has 0 aliphatic carbocycles. The summed E-state index contributed by atoms with van der Waals surface area (Å²) < 4.78 is 1.46. The standard InChI is InChI=1S/C14H12N4O2/c19-18(20)12-7-9-14-15-13(16-17(14)10-12)8-6-11-4-2-1-3-5-11/h1-5,7,9-10H,6,8H2. The summed E-state index contributed by atoms with van der Waals surface area (Å²) in [6.45, 7) is 0. The van der Waals surface area contributed by atoms with E-state index in [0.29, 0.717) is 17.9 Å². The molecule has 0 bridgehead atoms. The zero-order valence-corrected chi connectivity index (χ0v) is 10.6. The molecular formula is C14H12N4O2. The van der Waals surface area contributed by atoms with Crippen molar-refractivity contribution < 1.29 is 4.92 Å². The molecule has 2 heterocycles. The van der Waals surface area contributed by atoms with Crippen LogP contribution in [0.1, 0.15) is 11.4 Å². The lowest BCUT2D eigenvalue weighted by Gasteiger charge is -1.96. The van der Waals surface area contributed by atoms with E-state index in [1.54, 1.807) is 6.07 Å². The Kier molecular flexibility index (Phi) is 3.12. The van der Waals surface area contributed by atoms with Crippen LogP contribution in [0.4, 0.5) is 5.69 Å². The summed E-state index contributed by atoms with van der Waals surface area (Å²) in [5.41, 5.74) is 1.85. The van der Waals surface area contributed by atoms with Crippen LogP contribution in [-0.4, -0.2) is 19.5 Å². The Labute approximate surface area is 114 Å². The summed E-state index contributed by atoms with van der Waals surface area (Å²) in [4.78, 5) is 14.6. The third-order valence-electron chi connectivity index (χ3n) is 3.05. The number of aryl methyl sites for hydroxylation is 2. The summed E-state index contributed by atoms with van der Waals surface area (Å²) in [6, 6.07) is 13.1. The van der Waals surface area contributed by atoms with Crippen LogP contribution in [-0.2, 0) is 12.8 Å². The summed E-state index contributed by atoms with van der Waals surface area (Å²) in [7, 11) is 0. The van der Waals surface area contributed by atoms with E-state index in [1.165, 1.54) is 22.3 Å². The molecule has 0 aliphatic rings. The van der Waals surface area contributed by atoms with Gasteiger partial charge in [0.25, 0.3) is 5.69 Å². The van der Waals surface area contributed by atoms with E-state index >= 15 is 0 Å². The maximum Gasteiger partial charge on any atom is 0.287 e. The molecule has 3 aromatic rings. The first-order valence-electron chi connectivity index (χ1n) is 6.26. The molecule has 2 aromatic heterocycles. The van der Waals surface area contributed by atoms with Gasteiger partial charge in [-0.2, -0.15) is 5.10 Å². The third-order valence-corrected chi connectivity index (χ3v) is 3.05. The average molecular weight is 268 g/mol. The van der Waals surface area contributed by atoms with E-state index in [0.717, 1.165) is 6.42 Å². The van der Waals surface area contributed by atoms with Crippen LogP contribution in [0.3, 0.4) is 0 Å². The van der Waals surface area contributed by atoms with Gasteiger partial charge in [-0.05, 0) is 18.1 Å². The van der Waals surface area contributed by atoms with Crippen LogP contribution in [0.15, 0.2) is 48.7 Å². The maximum absolute atomic E-state index is 10.7. The molecule has 3 rings (SSSR count). The van der Waals surface area contributed by atoms with Gasteiger partial charge in [0.2, 0.25) is 0 Å². The second-order valence-corrected chi connectivity index (χ2v) is 4.46. The predicted octanol–water partition coefficient (Wildman–Crippen LogP) is 2.42. The van der Waals surface area contributed by atoms with Crippen molar-refractivity contribution in [2.45, 2.75) is 12.8 Å². The average Bonchev–Trinajstić information content (AvgIpc) is 2.88. The molecule has 1 aromatic carbocycles. The number of benzene rings is 1. The van der Waals surface area contributed by atoms with Crippen LogP contribution >= 0.6 is 0 Å². The lowest BCUT2D eigenvalue weighted by Crippen LogP contribution is -1.95. The second kappa shape index (κ2) is 5.08. The molecule has 100 valence electrons. The summed E-state index contributed by atoms with van der Waals surface area (Å²) in [5.74, 6) is 0.689. The number of hydrogen-bond donors (Lipinski definition) is 0. The monoisotopic (exact) mass is 268 g/mol. The van der Waals surface area contributed by atoms with Gasteiger partial charge in [0.1, 0.15) is 6.20 Å². The first-order chi connectivity index (χ1) is 9.72. The van der Waals surface area contributed by atoms with E-state index in [-0.39, 0.29) is 5.69 Å². The van der Waals surface area contributed by atoms with E-state index in [4.69, 9.17) is 0 Å². The van der Waals surface area contributed by atoms with Gasteiger partial charge in [0.15, 0.2) is 11.5 Å². The third kappa shape index (κ3) is 2.49. The molecule has 0 spiro atoms. The van der Waals surface area contributed by atoms with Gasteiger partial charge in [-0.15, -0.1) is 0 Å². The van der Waals surface area contributed by atoms with E-state index in [1.807, 2.05) is 18.2 Å². The minimum absolute atomic E-state index is 0.0111. The lowest BCUT2D eigenvalue weighted by molar-refractivity contribution is -0.385. The van der Waals surface area contributed by atoms with E-state index < -0.39 is 4.92 Å². The van der Waals surface area contributed by atoms with Crippen LogP contribution in [0, 0.1) is 10.1 Å². The Bertz CT molecular complexity index is 752. The van der Waals surface area contributed by atoms with Crippen molar-refractivity contribution >= 4 is 11.3 Å². The smallest absolute Gasteiger partial charge is 0.258 e. The van der Waals surface area contributed by atoms with E-state index in [9.17, 15) is 10.1 Å². The normalized spacial score (nSPS) is 10.8. The largest absolute Gasteiger partial charge is 0.287 e. The van der Waals surface area contributed by atoms with Crippen molar-refractivity contribution in [3.63, 3.8) is 0 Å². The Morgan fingerprint density at radius 3 is 2.65 bits per heavy atom. The Morgan fingerprint density at radius 2 is 1.90 bits per heavy atom. The SMILES string of the molecule is O=[N+]([O-])c1ccc2nc(CCc3ccccc3)nn2c1. The molecule has 6 heteroatoms. The van der Waals surface area contributed by atoms with Crippen LogP contribution in [0.5, 0.6) is 0 Å². The molecule has 0 N–H and O–H groups in total. The van der Waals surface area contributed by atoms with Crippen molar-refractivity contribution in [3.8, 4) is 0 Å². The number of hydrogen-bond acceptors (Lipinski definition) is 4. The Balaban J connectivity index is 1.80. The molecule has 0 unspecified atom stereocenters. The fourth-order valence-electron chi connectivity index (χ4n) is 2.03. The molecule has 0 atom stereocenters. The van der Waals surface area contributed by atoms with Gasteiger partial charge in [0, 0.05) is 12.5 Å². The minimum atomic E-state index is -0.440. The minimum Gasteiger partial charge on any atom is -0.258 e. The number of pyridine rings is 1. The van der Waals surface area contributed by atoms with Crippen molar-refractivity contribution in [1.82, 2.24) is 14.6 Å². The summed E-state index contributed by atoms with van der Waals surface area (Å²) in [6.07, 6.45) is 2.94. The fourth-order valence-corrected chi connectivity index (χ4v) is 2.03. The van der Waals surface area contributed by atoms with Gasteiger partial charge in [0.05, 0.1) is 4.92 Å². The molecule has 20 heavy (non-hydrogen) atoms. The topological polar surface area (TPSA) is 73.3 Å². The van der Waals surface area contributed by atoms with Crippen molar-refractivity contribution in [3.05, 3.63) is 70.2 Å². The molecule has 0 aliphatic heterocycles. The summed E-state index contributed by atoms with van der Waals surface area (Å²) in [5, 5.41) is 15.0. The zero-order chi connectivity index (χ0) is 13.9. The van der Waals surface area contributed by atoms with Gasteiger partial charge in [-0.3, -0.25) is 10.1 Å². The van der Waals surface area contributed by atoms with Gasteiger partial charge in [-0.25, -0.2) is 9.50 Å². The highest BCUT2D eigenvalue weighted by Crippen LogP contribution is 2.12. The van der Waals surface area contributed by atoms with Crippen LogP contribution in [0.2, 0.25) is 0 Å². The number of nitro groups is 1.